The second-order valence-corrected chi connectivity index (χ2v) is 11.7. The Morgan fingerprint density at radius 2 is 0.907 bits per heavy atom. The first-order chi connectivity index (χ1) is 39.2. The van der Waals surface area contributed by atoms with Crippen LogP contribution in [0.1, 0.15) is 63.7 Å². The Bertz CT molecular complexity index is 4560. The van der Waals surface area contributed by atoms with Gasteiger partial charge in [0.2, 0.25) is 0 Å². The normalized spacial score (nSPS) is 19.8. The average Bonchev–Trinajstić information content (AvgIpc) is 1.61. The van der Waals surface area contributed by atoms with Crippen molar-refractivity contribution in [1.29, 1.82) is 0 Å². The summed E-state index contributed by atoms with van der Waals surface area (Å²) in [5.41, 5.74) is -7.05. The van der Waals surface area contributed by atoms with Crippen molar-refractivity contribution >= 4 is 32.7 Å². The molecule has 10 rings (SSSR count). The van der Waals surface area contributed by atoms with Crippen LogP contribution >= 0.6 is 0 Å². The van der Waals surface area contributed by atoms with E-state index in [4.69, 9.17) is 30.5 Å². The van der Waals surface area contributed by atoms with Crippen LogP contribution in [0, 0.1) is 0 Å². The average molecular weight is 719 g/mol. The molecule has 1 unspecified atom stereocenters. The lowest BCUT2D eigenvalue weighted by Gasteiger charge is -2.21. The first-order valence-electron chi connectivity index (χ1n) is 31.2. The summed E-state index contributed by atoms with van der Waals surface area (Å²) in [4.78, 5) is 0. The van der Waals surface area contributed by atoms with E-state index in [0.29, 0.717) is 0 Å². The van der Waals surface area contributed by atoms with Gasteiger partial charge in [-0.3, -0.25) is 0 Å². The van der Waals surface area contributed by atoms with Crippen LogP contribution in [0.4, 0.5) is 0 Å². The van der Waals surface area contributed by atoms with Gasteiger partial charge in [-0.05, 0) is 84.8 Å². The number of rotatable bonds is 7. The summed E-state index contributed by atoms with van der Waals surface area (Å²) in [7, 11) is 0. The summed E-state index contributed by atoms with van der Waals surface area (Å²) >= 11 is 0. The lowest BCUT2D eigenvalue weighted by atomic mass is 9.82. The fraction of sp³-hybridized carbons (Fsp3) is 0.0189. The van der Waals surface area contributed by atoms with Crippen LogP contribution in [0.15, 0.2) is 216 Å². The monoisotopic (exact) mass is 718 g/mol. The van der Waals surface area contributed by atoms with E-state index in [2.05, 4.69) is 0 Å². The van der Waals surface area contributed by atoms with Crippen LogP contribution in [-0.4, -0.2) is 0 Å². The number of fused-ring (bicyclic) bond motifs is 5. The molecule has 1 atom stereocenters. The van der Waals surface area contributed by atoms with Crippen LogP contribution < -0.4 is 0 Å². The SMILES string of the molecule is [2H]c1cc2c([2H])c([2H])c3c(oc4cc(C(c5cc([2H])c(-c6c([2H])c([2H])c([2H])c([2H])c6[2H])c([2H])c5[2H])c5c([2H])c([2H])c(-c6c([2H])c([2H])c([2H])c([2H])c6[2H])c([2H])c5[2H])cc(-c5cc([2H])c(-c6c([2H])c([2H])c([2H])c([2H])c6[2H])c([2H])c5[2H])c43)c2c([2H])c1[2H]. The molecule has 10 aromatic rings. The summed E-state index contributed by atoms with van der Waals surface area (Å²) in [5.74, 6) is -2.01. The van der Waals surface area contributed by atoms with Crippen molar-refractivity contribution in [2.24, 2.45) is 0 Å². The minimum absolute atomic E-state index is 0.185. The van der Waals surface area contributed by atoms with Crippen LogP contribution in [0.5, 0.6) is 0 Å². The highest BCUT2D eigenvalue weighted by molar-refractivity contribution is 6.19. The molecule has 1 heteroatoms. The Kier molecular flexibility index (Phi) is 3.38. The fourth-order valence-electron chi connectivity index (χ4n) is 6.17. The van der Waals surface area contributed by atoms with Crippen molar-refractivity contribution in [3.63, 3.8) is 0 Å². The van der Waals surface area contributed by atoms with Gasteiger partial charge in [-0.25, -0.2) is 0 Å². The zero-order valence-corrected chi connectivity index (χ0v) is 27.4. The largest absolute Gasteiger partial charge is 0.455 e. The standard InChI is InChI=1S/C53H36O/c1-4-12-36(13-5-1)39-20-26-43(27-21-39)49-34-46(35-50-52(49)48-33-32-42-18-10-11-19-47(42)53(48)54-50)51(44-28-22-40(23-29-44)37-14-6-2-7-15-37)45-30-24-41(25-31-45)38-16-8-3-9-17-38/h1-35,51H/i1D,2D,3D,4D,5D,6D,7D,8D,9D,10D,11D,12D,13D,14D,15D,16D,17D,19D,20D,21D,22D,23D,24D,25D,26D,28D,29D,30D,32D,33D. The molecule has 0 spiro atoms. The molecule has 0 radical (unpaired) electrons. The van der Waals surface area contributed by atoms with Gasteiger partial charge in [-0.2, -0.15) is 0 Å². The van der Waals surface area contributed by atoms with Gasteiger partial charge in [-0.15, -0.1) is 0 Å². The van der Waals surface area contributed by atoms with Crippen molar-refractivity contribution in [2.45, 2.75) is 5.92 Å². The fourth-order valence-corrected chi connectivity index (χ4v) is 6.17. The second-order valence-electron chi connectivity index (χ2n) is 11.7. The van der Waals surface area contributed by atoms with Crippen molar-refractivity contribution in [3.8, 4) is 44.5 Å². The third-order valence-corrected chi connectivity index (χ3v) is 8.61. The Morgan fingerprint density at radius 1 is 0.370 bits per heavy atom. The van der Waals surface area contributed by atoms with Crippen LogP contribution in [0.25, 0.3) is 77.2 Å². The third kappa shape index (κ3) is 5.77. The summed E-state index contributed by atoms with van der Waals surface area (Å²) < 4.78 is 273. The number of hydrogen-bond donors (Lipinski definition) is 0. The van der Waals surface area contributed by atoms with E-state index in [1.165, 1.54) is 12.1 Å². The molecule has 0 aliphatic rings. The maximum Gasteiger partial charge on any atom is 0.143 e. The van der Waals surface area contributed by atoms with Gasteiger partial charge in [0.15, 0.2) is 0 Å². The van der Waals surface area contributed by atoms with Gasteiger partial charge in [0.1, 0.15) is 11.2 Å². The number of furan rings is 1. The van der Waals surface area contributed by atoms with Gasteiger partial charge >= 0.3 is 0 Å². The Labute approximate surface area is 357 Å². The molecular formula is C53H36O. The van der Waals surface area contributed by atoms with E-state index in [1.807, 2.05) is 0 Å². The molecule has 54 heavy (non-hydrogen) atoms. The molecule has 1 aromatic heterocycles. The van der Waals surface area contributed by atoms with E-state index >= 15 is 0 Å². The molecule has 1 heterocycles. The van der Waals surface area contributed by atoms with Gasteiger partial charge in [0.25, 0.3) is 0 Å². The van der Waals surface area contributed by atoms with Gasteiger partial charge in [0.05, 0.1) is 41.1 Å². The van der Waals surface area contributed by atoms with Crippen LogP contribution in [0.3, 0.4) is 0 Å². The maximum absolute atomic E-state index is 9.69. The van der Waals surface area contributed by atoms with Crippen molar-refractivity contribution in [2.75, 3.05) is 0 Å². The van der Waals surface area contributed by atoms with Crippen molar-refractivity contribution in [1.82, 2.24) is 0 Å². The summed E-state index contributed by atoms with van der Waals surface area (Å²) in [6.45, 7) is 0. The van der Waals surface area contributed by atoms with Crippen molar-refractivity contribution in [3.05, 3.63) is 228 Å². The van der Waals surface area contributed by atoms with Gasteiger partial charge in [0, 0.05) is 22.1 Å². The van der Waals surface area contributed by atoms with E-state index in [9.17, 15) is 15.1 Å². The lowest BCUT2D eigenvalue weighted by Crippen LogP contribution is -2.04. The molecule has 0 saturated carbocycles. The van der Waals surface area contributed by atoms with Crippen LogP contribution in [-0.2, 0) is 0 Å². The first kappa shape index (κ1) is 13.5. The van der Waals surface area contributed by atoms with E-state index in [0.717, 1.165) is 18.2 Å². The lowest BCUT2D eigenvalue weighted by molar-refractivity contribution is 0.671. The Hall–Kier alpha value is -6.96. The number of hydrogen-bond acceptors (Lipinski definition) is 1. The predicted molar refractivity (Wildman–Crippen MR) is 227 cm³/mol. The highest BCUT2D eigenvalue weighted by Crippen LogP contribution is 2.44. The van der Waals surface area contributed by atoms with E-state index < -0.39 is 237 Å². The molecule has 0 aliphatic carbocycles. The van der Waals surface area contributed by atoms with Crippen LogP contribution in [0.2, 0.25) is 0 Å². The van der Waals surface area contributed by atoms with Crippen molar-refractivity contribution < 1.29 is 45.5 Å². The Morgan fingerprint density at radius 3 is 1.57 bits per heavy atom. The first-order valence-corrected chi connectivity index (χ1v) is 16.2. The minimum atomic E-state index is -2.01. The zero-order valence-electron chi connectivity index (χ0n) is 57.4. The summed E-state index contributed by atoms with van der Waals surface area (Å²) in [6.07, 6.45) is 0. The molecule has 9 aromatic carbocycles. The zero-order chi connectivity index (χ0) is 62.0. The molecular weight excluding hydrogens is 653 g/mol. The highest BCUT2D eigenvalue weighted by Gasteiger charge is 2.23. The smallest absolute Gasteiger partial charge is 0.143 e. The molecule has 0 amide bonds. The molecule has 0 saturated heterocycles. The third-order valence-electron chi connectivity index (χ3n) is 8.61. The predicted octanol–water partition coefficient (Wildman–Crippen LogP) is 14.6. The minimum Gasteiger partial charge on any atom is -0.455 e. The molecule has 0 fully saturated rings. The molecule has 0 bridgehead atoms. The topological polar surface area (TPSA) is 13.1 Å². The van der Waals surface area contributed by atoms with Gasteiger partial charge in [-0.1, -0.05) is 193 Å². The molecule has 0 N–H and O–H groups in total. The summed E-state index contributed by atoms with van der Waals surface area (Å²) in [6, 6.07) is -19.5. The molecule has 1 nitrogen and oxygen atoms in total. The molecule has 0 aliphatic heterocycles. The number of benzene rings is 9. The second kappa shape index (κ2) is 13.5. The Balaban J connectivity index is 1.41. The summed E-state index contributed by atoms with van der Waals surface area (Å²) in [5, 5.41) is -0.932. The maximum atomic E-state index is 9.69. The van der Waals surface area contributed by atoms with Gasteiger partial charge < -0.3 is 4.42 Å². The highest BCUT2D eigenvalue weighted by atomic mass is 16.3. The van der Waals surface area contributed by atoms with E-state index in [-0.39, 0.29) is 43.8 Å². The quantitative estimate of drug-likeness (QED) is 0.150. The van der Waals surface area contributed by atoms with E-state index in [1.54, 1.807) is 0 Å². The molecule has 254 valence electrons.